The Morgan fingerprint density at radius 1 is 1.19 bits per heavy atom. The molecule has 136 valence electrons. The number of nitrogens with zero attached hydrogens (tertiary/aromatic N) is 2. The first-order valence-electron chi connectivity index (χ1n) is 8.60. The van der Waals surface area contributed by atoms with Gasteiger partial charge in [-0.3, -0.25) is 14.5 Å². The molecule has 1 N–H and O–H groups in total. The van der Waals surface area contributed by atoms with Crippen LogP contribution >= 0.6 is 0 Å². The first kappa shape index (κ1) is 18.1. The maximum absolute atomic E-state index is 12.9. The van der Waals surface area contributed by atoms with Gasteiger partial charge in [0.05, 0.1) is 12.6 Å². The number of carbonyl (C=O) groups is 2. The van der Waals surface area contributed by atoms with Gasteiger partial charge >= 0.3 is 0 Å². The van der Waals surface area contributed by atoms with Crippen LogP contribution < -0.4 is 10.2 Å². The number of carbonyl (C=O) groups excluding carboxylic acids is 2. The number of para-hydroxylation sites is 1. The molecule has 5 nitrogen and oxygen atoms in total. The van der Waals surface area contributed by atoms with Crippen LogP contribution in [0.25, 0.3) is 0 Å². The Labute approximate surface area is 152 Å². The fraction of sp³-hybridized carbons (Fsp3) is 0.300. The summed E-state index contributed by atoms with van der Waals surface area (Å²) >= 11 is 0. The molecule has 26 heavy (non-hydrogen) atoms. The second kappa shape index (κ2) is 7.66. The first-order valence-corrected chi connectivity index (χ1v) is 8.60. The van der Waals surface area contributed by atoms with E-state index in [1.54, 1.807) is 23.8 Å². The Hall–Kier alpha value is -2.73. The van der Waals surface area contributed by atoms with Gasteiger partial charge in [-0.05, 0) is 56.3 Å². The number of amides is 2. The van der Waals surface area contributed by atoms with Gasteiger partial charge in [0.2, 0.25) is 11.8 Å². The topological polar surface area (TPSA) is 52.7 Å². The van der Waals surface area contributed by atoms with Crippen molar-refractivity contribution in [1.29, 1.82) is 0 Å². The SMILES string of the molecule is C[C@H](C(=O)N1CCc2ccccc21)N(C)CC(=O)Nc1ccc(F)cc1. The molecule has 6 heteroatoms. The summed E-state index contributed by atoms with van der Waals surface area (Å²) in [6.07, 6.45) is 0.851. The highest BCUT2D eigenvalue weighted by molar-refractivity contribution is 5.99. The van der Waals surface area contributed by atoms with Crippen molar-refractivity contribution in [1.82, 2.24) is 4.90 Å². The largest absolute Gasteiger partial charge is 0.325 e. The lowest BCUT2D eigenvalue weighted by atomic mass is 10.2. The van der Waals surface area contributed by atoms with Gasteiger partial charge in [-0.15, -0.1) is 0 Å². The summed E-state index contributed by atoms with van der Waals surface area (Å²) in [7, 11) is 1.74. The fourth-order valence-electron chi connectivity index (χ4n) is 3.08. The van der Waals surface area contributed by atoms with Crippen LogP contribution in [0, 0.1) is 5.82 Å². The fourth-order valence-corrected chi connectivity index (χ4v) is 3.08. The molecule has 0 radical (unpaired) electrons. The summed E-state index contributed by atoms with van der Waals surface area (Å²) in [4.78, 5) is 28.5. The Morgan fingerprint density at radius 3 is 2.62 bits per heavy atom. The third kappa shape index (κ3) is 3.91. The van der Waals surface area contributed by atoms with Gasteiger partial charge in [-0.1, -0.05) is 18.2 Å². The molecule has 1 heterocycles. The van der Waals surface area contributed by atoms with Gasteiger partial charge in [0.15, 0.2) is 0 Å². The number of hydrogen-bond acceptors (Lipinski definition) is 3. The molecule has 1 atom stereocenters. The summed E-state index contributed by atoms with van der Waals surface area (Å²) in [5.41, 5.74) is 2.65. The van der Waals surface area contributed by atoms with E-state index in [-0.39, 0.29) is 24.2 Å². The molecule has 0 bridgehead atoms. The van der Waals surface area contributed by atoms with Crippen LogP contribution in [0.4, 0.5) is 15.8 Å². The van der Waals surface area contributed by atoms with Gasteiger partial charge in [-0.2, -0.15) is 0 Å². The standard InChI is InChI=1S/C20H22FN3O2/c1-14(20(26)24-12-11-15-5-3-4-6-18(15)24)23(2)13-19(25)22-17-9-7-16(21)8-10-17/h3-10,14H,11-13H2,1-2H3,(H,22,25)/t14-/m1/s1. The third-order valence-electron chi connectivity index (χ3n) is 4.69. The van der Waals surface area contributed by atoms with E-state index in [0.29, 0.717) is 12.2 Å². The van der Waals surface area contributed by atoms with Gasteiger partial charge < -0.3 is 10.2 Å². The van der Waals surface area contributed by atoms with Crippen molar-refractivity contribution in [2.45, 2.75) is 19.4 Å². The average Bonchev–Trinajstić information content (AvgIpc) is 3.06. The number of hydrogen-bond donors (Lipinski definition) is 1. The molecule has 0 saturated carbocycles. The first-order chi connectivity index (χ1) is 12.5. The lowest BCUT2D eigenvalue weighted by Crippen LogP contribution is -2.47. The highest BCUT2D eigenvalue weighted by atomic mass is 19.1. The molecular formula is C20H22FN3O2. The van der Waals surface area contributed by atoms with Crippen LogP contribution in [0.1, 0.15) is 12.5 Å². The Bertz CT molecular complexity index is 807. The lowest BCUT2D eigenvalue weighted by molar-refractivity contribution is -0.124. The summed E-state index contributed by atoms with van der Waals surface area (Å²) in [5.74, 6) is -0.627. The summed E-state index contributed by atoms with van der Waals surface area (Å²) in [6, 6.07) is 13.0. The molecule has 0 aromatic heterocycles. The van der Waals surface area contributed by atoms with E-state index >= 15 is 0 Å². The number of fused-ring (bicyclic) bond motifs is 1. The molecule has 2 aromatic rings. The van der Waals surface area contributed by atoms with E-state index in [1.807, 2.05) is 24.3 Å². The van der Waals surface area contributed by atoms with Crippen molar-refractivity contribution in [2.75, 3.05) is 30.4 Å². The van der Waals surface area contributed by atoms with E-state index in [0.717, 1.165) is 12.1 Å². The van der Waals surface area contributed by atoms with E-state index in [4.69, 9.17) is 0 Å². The smallest absolute Gasteiger partial charge is 0.244 e. The number of halogens is 1. The lowest BCUT2D eigenvalue weighted by Gasteiger charge is -2.28. The van der Waals surface area contributed by atoms with Crippen molar-refractivity contribution < 1.29 is 14.0 Å². The maximum atomic E-state index is 12.9. The minimum absolute atomic E-state index is 0.0213. The van der Waals surface area contributed by atoms with E-state index in [2.05, 4.69) is 5.32 Å². The molecule has 3 rings (SSSR count). The quantitative estimate of drug-likeness (QED) is 0.897. The molecular weight excluding hydrogens is 333 g/mol. The van der Waals surface area contributed by atoms with E-state index in [9.17, 15) is 14.0 Å². The van der Waals surface area contributed by atoms with Crippen molar-refractivity contribution in [3.8, 4) is 0 Å². The molecule has 2 amide bonds. The zero-order chi connectivity index (χ0) is 18.7. The van der Waals surface area contributed by atoms with Gasteiger partial charge in [-0.25, -0.2) is 4.39 Å². The van der Waals surface area contributed by atoms with Crippen LogP contribution in [0.15, 0.2) is 48.5 Å². The summed E-state index contributed by atoms with van der Waals surface area (Å²) in [6.45, 7) is 2.53. The second-order valence-corrected chi connectivity index (χ2v) is 6.51. The van der Waals surface area contributed by atoms with Crippen molar-refractivity contribution in [2.24, 2.45) is 0 Å². The predicted molar refractivity (Wildman–Crippen MR) is 99.6 cm³/mol. The molecule has 1 aliphatic heterocycles. The predicted octanol–water partition coefficient (Wildman–Crippen LogP) is 2.67. The van der Waals surface area contributed by atoms with Crippen LogP contribution in [0.2, 0.25) is 0 Å². The number of anilines is 2. The van der Waals surface area contributed by atoms with E-state index < -0.39 is 6.04 Å². The zero-order valence-corrected chi connectivity index (χ0v) is 14.9. The zero-order valence-electron chi connectivity index (χ0n) is 14.9. The number of nitrogens with one attached hydrogen (secondary N) is 1. The van der Waals surface area contributed by atoms with Gasteiger partial charge in [0, 0.05) is 17.9 Å². The van der Waals surface area contributed by atoms with Crippen molar-refractivity contribution in [3.05, 3.63) is 59.9 Å². The normalized spacial score (nSPS) is 14.2. The summed E-state index contributed by atoms with van der Waals surface area (Å²) in [5, 5.41) is 2.71. The molecule has 0 aliphatic carbocycles. The third-order valence-corrected chi connectivity index (χ3v) is 4.69. The molecule has 0 unspecified atom stereocenters. The highest BCUT2D eigenvalue weighted by Crippen LogP contribution is 2.28. The van der Waals surface area contributed by atoms with Crippen LogP contribution in [0.5, 0.6) is 0 Å². The average molecular weight is 355 g/mol. The molecule has 0 spiro atoms. The Kier molecular flexibility index (Phi) is 5.32. The maximum Gasteiger partial charge on any atom is 0.244 e. The number of rotatable bonds is 5. The summed E-state index contributed by atoms with van der Waals surface area (Å²) < 4.78 is 12.9. The van der Waals surface area contributed by atoms with Crippen LogP contribution in [-0.2, 0) is 16.0 Å². The minimum Gasteiger partial charge on any atom is -0.325 e. The number of likely N-dealkylation sites (N-methyl/N-ethyl adjacent to an activating group) is 1. The van der Waals surface area contributed by atoms with Gasteiger partial charge in [0.1, 0.15) is 5.82 Å². The second-order valence-electron chi connectivity index (χ2n) is 6.51. The molecule has 0 saturated heterocycles. The Morgan fingerprint density at radius 2 is 1.88 bits per heavy atom. The van der Waals surface area contributed by atoms with Crippen LogP contribution in [-0.4, -0.2) is 42.9 Å². The monoisotopic (exact) mass is 355 g/mol. The van der Waals surface area contributed by atoms with Crippen molar-refractivity contribution in [3.63, 3.8) is 0 Å². The van der Waals surface area contributed by atoms with Gasteiger partial charge in [0.25, 0.3) is 0 Å². The van der Waals surface area contributed by atoms with Crippen LogP contribution in [0.3, 0.4) is 0 Å². The number of benzene rings is 2. The molecule has 0 fully saturated rings. The van der Waals surface area contributed by atoms with Crippen molar-refractivity contribution >= 4 is 23.2 Å². The highest BCUT2D eigenvalue weighted by Gasteiger charge is 2.30. The van der Waals surface area contributed by atoms with E-state index in [1.165, 1.54) is 29.8 Å². The molecule has 1 aliphatic rings. The minimum atomic E-state index is -0.430. The Balaban J connectivity index is 1.59. The molecule has 2 aromatic carbocycles.